The predicted octanol–water partition coefficient (Wildman–Crippen LogP) is 8.14. The zero-order chi connectivity index (χ0) is 39.8. The van der Waals surface area contributed by atoms with Crippen LogP contribution < -0.4 is 16.4 Å². The van der Waals surface area contributed by atoms with E-state index < -0.39 is 6.29 Å². The van der Waals surface area contributed by atoms with Crippen LogP contribution in [0, 0.1) is 0 Å². The van der Waals surface area contributed by atoms with Crippen LogP contribution in [0.2, 0.25) is 0 Å². The Morgan fingerprint density at radius 2 is 1.53 bits per heavy atom. The number of hydrogen-bond donors (Lipinski definition) is 4. The van der Waals surface area contributed by atoms with E-state index in [4.69, 9.17) is 15.2 Å². The van der Waals surface area contributed by atoms with Crippen LogP contribution in [0.15, 0.2) is 121 Å². The maximum atomic E-state index is 12.6. The van der Waals surface area contributed by atoms with Gasteiger partial charge in [-0.3, -0.25) is 14.6 Å². The molecule has 4 aromatic carbocycles. The van der Waals surface area contributed by atoms with Gasteiger partial charge in [-0.05, 0) is 78.0 Å². The summed E-state index contributed by atoms with van der Waals surface area (Å²) in [7, 11) is 2.12. The second-order valence-electron chi connectivity index (χ2n) is 14.8. The van der Waals surface area contributed by atoms with Gasteiger partial charge >= 0.3 is 0 Å². The van der Waals surface area contributed by atoms with Gasteiger partial charge < -0.3 is 35.8 Å². The van der Waals surface area contributed by atoms with E-state index in [1.54, 1.807) is 12.1 Å². The van der Waals surface area contributed by atoms with Crippen LogP contribution in [-0.2, 0) is 38.6 Å². The molecule has 1 aliphatic heterocycles. The third-order valence-corrected chi connectivity index (χ3v) is 10.3. The number of aliphatic hydroxyl groups excluding tert-OH is 1. The Balaban J connectivity index is 0.980. The van der Waals surface area contributed by atoms with Crippen LogP contribution in [0.1, 0.15) is 85.3 Å². The normalized spacial score (nSPS) is 16.6. The summed E-state index contributed by atoms with van der Waals surface area (Å²) in [5.74, 6) is -0.0251. The molecule has 0 saturated carbocycles. The number of carbonyl (C=O) groups is 2. The fourth-order valence-corrected chi connectivity index (χ4v) is 7.05. The molecule has 0 radical (unpaired) electrons. The summed E-state index contributed by atoms with van der Waals surface area (Å²) < 4.78 is 13.2. The topological polar surface area (TPSA) is 139 Å². The number of nitrogens with zero attached hydrogens (tertiary/aromatic N) is 2. The number of benzene rings is 4. The molecule has 3 atom stereocenters. The summed E-state index contributed by atoms with van der Waals surface area (Å²) in [4.78, 5) is 31.6. The molecule has 10 nitrogen and oxygen atoms in total. The number of nitrogens with two attached hydrogens (primary N) is 1. The average Bonchev–Trinajstić information content (AvgIpc) is 3.24. The van der Waals surface area contributed by atoms with Crippen LogP contribution in [0.4, 0.5) is 11.4 Å². The van der Waals surface area contributed by atoms with E-state index in [-0.39, 0.29) is 30.6 Å². The molecule has 1 saturated heterocycles. The molecule has 0 aliphatic carbocycles. The number of pyridine rings is 1. The van der Waals surface area contributed by atoms with Crippen molar-refractivity contribution < 1.29 is 24.2 Å². The van der Waals surface area contributed by atoms with Gasteiger partial charge in [-0.15, -0.1) is 0 Å². The quantitative estimate of drug-likeness (QED) is 0.0488. The van der Waals surface area contributed by atoms with Crippen molar-refractivity contribution in [1.82, 2.24) is 15.2 Å². The fourth-order valence-electron chi connectivity index (χ4n) is 7.05. The molecule has 2 amide bonds. The molecular formula is C47H55N5O5. The number of ether oxygens (including phenoxy) is 2. The first-order valence-electron chi connectivity index (χ1n) is 20.0. The molecule has 1 fully saturated rings. The Hall–Kier alpha value is -5.39. The second-order valence-corrected chi connectivity index (χ2v) is 14.8. The van der Waals surface area contributed by atoms with Gasteiger partial charge in [0.2, 0.25) is 11.8 Å². The summed E-state index contributed by atoms with van der Waals surface area (Å²) in [5.41, 5.74) is 14.2. The molecule has 0 bridgehead atoms. The van der Waals surface area contributed by atoms with Crippen LogP contribution in [0.3, 0.4) is 0 Å². The van der Waals surface area contributed by atoms with Gasteiger partial charge in [0.05, 0.1) is 30.2 Å². The Labute approximate surface area is 336 Å². The van der Waals surface area contributed by atoms with Crippen molar-refractivity contribution >= 4 is 23.2 Å². The Morgan fingerprint density at radius 1 is 0.789 bits per heavy atom. The van der Waals surface area contributed by atoms with Gasteiger partial charge in [0.1, 0.15) is 0 Å². The number of carbonyl (C=O) groups excluding carboxylic acids is 2. The maximum absolute atomic E-state index is 12.6. The number of anilines is 2. The molecule has 1 aromatic heterocycles. The van der Waals surface area contributed by atoms with E-state index in [0.29, 0.717) is 30.8 Å². The van der Waals surface area contributed by atoms with Crippen LogP contribution in [0.25, 0.3) is 11.1 Å². The lowest BCUT2D eigenvalue weighted by Gasteiger charge is -2.38. The number of aliphatic hydroxyl groups is 1. The highest BCUT2D eigenvalue weighted by molar-refractivity contribution is 5.93. The molecule has 0 spiro atoms. The van der Waals surface area contributed by atoms with Gasteiger partial charge in [-0.25, -0.2) is 0 Å². The van der Waals surface area contributed by atoms with Gasteiger partial charge in [0.15, 0.2) is 6.29 Å². The van der Waals surface area contributed by atoms with Crippen LogP contribution >= 0.6 is 0 Å². The number of hydrogen-bond acceptors (Lipinski definition) is 8. The number of para-hydroxylation sites is 2. The first kappa shape index (κ1) is 41.2. The number of nitrogens with one attached hydrogen (secondary N) is 2. The lowest BCUT2D eigenvalue weighted by atomic mass is 9.99. The molecule has 10 heteroatoms. The van der Waals surface area contributed by atoms with Crippen molar-refractivity contribution in [2.45, 2.75) is 83.0 Å². The summed E-state index contributed by atoms with van der Waals surface area (Å²) in [6.45, 7) is 2.08. The fraction of sp³-hybridized carbons (Fsp3) is 0.340. The minimum absolute atomic E-state index is 0.00329. The highest BCUT2D eigenvalue weighted by atomic mass is 16.7. The molecule has 6 rings (SSSR count). The predicted molar refractivity (Wildman–Crippen MR) is 225 cm³/mol. The smallest absolute Gasteiger partial charge is 0.224 e. The lowest BCUT2D eigenvalue weighted by molar-refractivity contribution is -0.252. The Kier molecular flexibility index (Phi) is 15.4. The van der Waals surface area contributed by atoms with Crippen LogP contribution in [-0.4, -0.2) is 53.0 Å². The highest BCUT2D eigenvalue weighted by Gasteiger charge is 2.32. The van der Waals surface area contributed by atoms with E-state index in [1.165, 1.54) is 0 Å². The van der Waals surface area contributed by atoms with E-state index in [0.717, 1.165) is 90.7 Å². The van der Waals surface area contributed by atoms with Crippen molar-refractivity contribution in [2.24, 2.45) is 0 Å². The summed E-state index contributed by atoms with van der Waals surface area (Å²) in [5, 5.41) is 15.5. The number of rotatable bonds is 19. The van der Waals surface area contributed by atoms with Gasteiger partial charge in [-0.2, -0.15) is 0 Å². The zero-order valence-corrected chi connectivity index (χ0v) is 32.8. The molecule has 1 aliphatic rings. The van der Waals surface area contributed by atoms with E-state index in [9.17, 15) is 14.7 Å². The van der Waals surface area contributed by atoms with E-state index >= 15 is 0 Å². The molecule has 0 unspecified atom stereocenters. The Bertz CT molecular complexity index is 2010. The standard InChI is InChI=1S/C47H55N5O5/c1-52(28-26-40-13-8-9-27-49-40)32-41-30-44(37-20-18-34(33-53)19-21-37)57-47(56-41)38-24-22-36(23-25-38)39-12-10-11-35(29-39)31-50-45(54)16-4-2-3-5-17-46(55)51-43-15-7-6-14-42(43)48/h6-15,18-25,27,29,41,44,47,53H,2-5,16-17,26,28,30-33,48H2,1H3,(H,50,54)(H,51,55)/t41-,44+,47+/m1/s1. The zero-order valence-electron chi connectivity index (χ0n) is 32.8. The monoisotopic (exact) mass is 769 g/mol. The summed E-state index contributed by atoms with van der Waals surface area (Å²) in [6.07, 6.45) is 6.87. The number of amides is 2. The molecule has 57 heavy (non-hydrogen) atoms. The van der Waals surface area contributed by atoms with E-state index in [1.807, 2.05) is 66.9 Å². The SMILES string of the molecule is CN(CCc1ccccn1)C[C@H]1C[C@@H](c2ccc(CO)cc2)O[C@@H](c2ccc(-c3cccc(CNC(=O)CCCCCCC(=O)Nc4ccccc4N)c3)cc2)O1. The number of nitrogen functional groups attached to an aromatic ring is 1. The van der Waals surface area contributed by atoms with Crippen molar-refractivity contribution in [1.29, 1.82) is 0 Å². The molecule has 5 N–H and O–H groups in total. The number of likely N-dealkylation sites (N-methyl/N-ethyl adjacent to an activating group) is 1. The van der Waals surface area contributed by atoms with Crippen molar-refractivity contribution in [2.75, 3.05) is 31.2 Å². The van der Waals surface area contributed by atoms with Crippen LogP contribution in [0.5, 0.6) is 0 Å². The minimum Gasteiger partial charge on any atom is -0.397 e. The maximum Gasteiger partial charge on any atom is 0.224 e. The van der Waals surface area contributed by atoms with Gasteiger partial charge in [0.25, 0.3) is 0 Å². The van der Waals surface area contributed by atoms with Gasteiger partial charge in [-0.1, -0.05) is 97.8 Å². The molecular weight excluding hydrogens is 715 g/mol. The largest absolute Gasteiger partial charge is 0.397 e. The average molecular weight is 770 g/mol. The van der Waals surface area contributed by atoms with Crippen molar-refractivity contribution in [3.63, 3.8) is 0 Å². The third kappa shape index (κ3) is 12.8. The summed E-state index contributed by atoms with van der Waals surface area (Å²) in [6, 6.07) is 37.8. The molecule has 2 heterocycles. The summed E-state index contributed by atoms with van der Waals surface area (Å²) >= 11 is 0. The molecule has 5 aromatic rings. The van der Waals surface area contributed by atoms with Crippen molar-refractivity contribution in [3.05, 3.63) is 149 Å². The number of aromatic nitrogens is 1. The molecule has 298 valence electrons. The lowest BCUT2D eigenvalue weighted by Crippen LogP contribution is -2.38. The highest BCUT2D eigenvalue weighted by Crippen LogP contribution is 2.38. The first-order valence-corrected chi connectivity index (χ1v) is 20.0. The number of unbranched alkanes of at least 4 members (excludes halogenated alkanes) is 3. The van der Waals surface area contributed by atoms with Gasteiger partial charge in [0, 0.05) is 62.8 Å². The minimum atomic E-state index is -0.537. The Morgan fingerprint density at radius 3 is 2.26 bits per heavy atom. The second kappa shape index (κ2) is 21.2. The first-order chi connectivity index (χ1) is 27.8. The van der Waals surface area contributed by atoms with E-state index in [2.05, 4.69) is 70.0 Å². The third-order valence-electron chi connectivity index (χ3n) is 10.3. The van der Waals surface area contributed by atoms with Crippen molar-refractivity contribution in [3.8, 4) is 11.1 Å².